The maximum Gasteiger partial charge on any atom is 0.227 e. The van der Waals surface area contributed by atoms with Crippen molar-refractivity contribution in [3.05, 3.63) is 53.4 Å². The van der Waals surface area contributed by atoms with Crippen molar-refractivity contribution in [2.45, 2.75) is 19.0 Å². The molecule has 1 aliphatic heterocycles. The molecule has 0 radical (unpaired) electrons. The number of nitrogens with zero attached hydrogens (tertiary/aromatic N) is 4. The van der Waals surface area contributed by atoms with Crippen molar-refractivity contribution in [1.82, 2.24) is 19.4 Å². The predicted molar refractivity (Wildman–Crippen MR) is 101 cm³/mol. The van der Waals surface area contributed by atoms with Gasteiger partial charge in [0.15, 0.2) is 0 Å². The number of amides is 1. The molecule has 6 heteroatoms. The summed E-state index contributed by atoms with van der Waals surface area (Å²) < 4.78 is 3.46. The second kappa shape index (κ2) is 6.61. The zero-order valence-electron chi connectivity index (χ0n) is 14.6. The van der Waals surface area contributed by atoms with E-state index in [2.05, 4.69) is 46.1 Å². The molecule has 5 nitrogen and oxygen atoms in total. The highest BCUT2D eigenvalue weighted by molar-refractivity contribution is 7.17. The van der Waals surface area contributed by atoms with Crippen molar-refractivity contribution < 1.29 is 4.79 Å². The first-order valence-corrected chi connectivity index (χ1v) is 9.38. The summed E-state index contributed by atoms with van der Waals surface area (Å²) in [5.41, 5.74) is 2.25. The van der Waals surface area contributed by atoms with Crippen LogP contribution in [0.5, 0.6) is 0 Å². The van der Waals surface area contributed by atoms with Gasteiger partial charge in [0.2, 0.25) is 5.91 Å². The Hall–Kier alpha value is -2.18. The van der Waals surface area contributed by atoms with Gasteiger partial charge in [-0.15, -0.1) is 11.3 Å². The number of imidazole rings is 1. The third-order valence-corrected chi connectivity index (χ3v) is 5.77. The predicted octanol–water partition coefficient (Wildman–Crippen LogP) is 2.79. The van der Waals surface area contributed by atoms with E-state index in [-0.39, 0.29) is 11.9 Å². The Balaban J connectivity index is 1.54. The Morgan fingerprint density at radius 2 is 2.20 bits per heavy atom. The average molecular weight is 354 g/mol. The molecule has 0 fully saturated rings. The monoisotopic (exact) mass is 354 g/mol. The van der Waals surface area contributed by atoms with E-state index in [0.717, 1.165) is 24.3 Å². The Kier molecular flexibility index (Phi) is 4.31. The van der Waals surface area contributed by atoms with Crippen LogP contribution < -0.4 is 0 Å². The van der Waals surface area contributed by atoms with Crippen LogP contribution in [-0.2, 0) is 17.8 Å². The van der Waals surface area contributed by atoms with E-state index in [1.807, 2.05) is 29.6 Å². The molecule has 1 atom stereocenters. The zero-order valence-corrected chi connectivity index (χ0v) is 15.4. The van der Waals surface area contributed by atoms with E-state index in [0.29, 0.717) is 13.0 Å². The second-order valence-electron chi connectivity index (χ2n) is 6.92. The summed E-state index contributed by atoms with van der Waals surface area (Å²) >= 11 is 1.71. The average Bonchev–Trinajstić information content (AvgIpc) is 3.21. The Morgan fingerprint density at radius 3 is 3.04 bits per heavy atom. The van der Waals surface area contributed by atoms with Crippen LogP contribution in [0.15, 0.2) is 42.2 Å². The topological polar surface area (TPSA) is 41.4 Å². The summed E-state index contributed by atoms with van der Waals surface area (Å²) in [5.74, 6) is 0.194. The summed E-state index contributed by atoms with van der Waals surface area (Å²) in [6.07, 6.45) is 4.23. The number of carbonyl (C=O) groups excluding carboxylic acids is 1. The van der Waals surface area contributed by atoms with Crippen LogP contribution in [-0.4, -0.2) is 52.4 Å². The molecular weight excluding hydrogens is 332 g/mol. The number of fused-ring (bicyclic) bond motifs is 2. The summed E-state index contributed by atoms with van der Waals surface area (Å²) in [7, 11) is 4.13. The van der Waals surface area contributed by atoms with Crippen LogP contribution in [0.1, 0.15) is 17.3 Å². The number of thiophene rings is 1. The van der Waals surface area contributed by atoms with Gasteiger partial charge >= 0.3 is 0 Å². The second-order valence-corrected chi connectivity index (χ2v) is 7.83. The minimum atomic E-state index is 0.194. The minimum absolute atomic E-state index is 0.194. The highest BCUT2D eigenvalue weighted by Gasteiger charge is 2.28. The fraction of sp³-hybridized carbons (Fsp3) is 0.368. The molecule has 0 bridgehead atoms. The molecule has 1 aromatic carbocycles. The molecule has 0 unspecified atom stereocenters. The van der Waals surface area contributed by atoms with Crippen LogP contribution >= 0.6 is 11.3 Å². The summed E-state index contributed by atoms with van der Waals surface area (Å²) in [6.45, 7) is 2.28. The number of hydrogen-bond donors (Lipinski definition) is 0. The standard InChI is InChI=1S/C19H22N4OS/c1-21(2)9-16-11-22(10-15-8-20-13-23(15)16)19(24)7-14-12-25-18-6-4-3-5-17(14)18/h3-6,8,12-13,16H,7,9-11H2,1-2H3/t16-/m1/s1. The first-order chi connectivity index (χ1) is 12.1. The normalized spacial score (nSPS) is 17.2. The molecule has 0 spiro atoms. The lowest BCUT2D eigenvalue weighted by Crippen LogP contribution is -2.44. The summed E-state index contributed by atoms with van der Waals surface area (Å²) in [5, 5.41) is 3.32. The molecule has 0 N–H and O–H groups in total. The zero-order chi connectivity index (χ0) is 17.4. The number of carbonyl (C=O) groups is 1. The van der Waals surface area contributed by atoms with E-state index in [9.17, 15) is 4.79 Å². The molecule has 4 rings (SSSR count). The molecule has 25 heavy (non-hydrogen) atoms. The maximum atomic E-state index is 13.0. The molecule has 1 aliphatic rings. The molecule has 2 aromatic heterocycles. The lowest BCUT2D eigenvalue weighted by Gasteiger charge is -2.35. The van der Waals surface area contributed by atoms with Gasteiger partial charge in [-0.25, -0.2) is 4.98 Å². The lowest BCUT2D eigenvalue weighted by molar-refractivity contribution is -0.132. The van der Waals surface area contributed by atoms with Crippen molar-refractivity contribution in [2.75, 3.05) is 27.2 Å². The number of aromatic nitrogens is 2. The Labute approximate surface area is 151 Å². The van der Waals surface area contributed by atoms with Gasteiger partial charge in [0, 0.05) is 24.0 Å². The van der Waals surface area contributed by atoms with Gasteiger partial charge in [-0.2, -0.15) is 0 Å². The van der Waals surface area contributed by atoms with Gasteiger partial charge in [-0.05, 0) is 36.5 Å². The SMILES string of the molecule is CN(C)C[C@@H]1CN(C(=O)Cc2csc3ccccc23)Cc2cncn21. The van der Waals surface area contributed by atoms with Crippen LogP contribution in [0.25, 0.3) is 10.1 Å². The number of rotatable bonds is 4. The number of likely N-dealkylation sites (N-methyl/N-ethyl adjacent to an activating group) is 1. The van der Waals surface area contributed by atoms with Crippen molar-refractivity contribution in [3.8, 4) is 0 Å². The van der Waals surface area contributed by atoms with Crippen molar-refractivity contribution in [1.29, 1.82) is 0 Å². The first-order valence-electron chi connectivity index (χ1n) is 8.50. The maximum absolute atomic E-state index is 13.0. The van der Waals surface area contributed by atoms with Gasteiger partial charge < -0.3 is 14.4 Å². The molecule has 3 aromatic rings. The smallest absolute Gasteiger partial charge is 0.227 e. The van der Waals surface area contributed by atoms with E-state index in [4.69, 9.17) is 0 Å². The minimum Gasteiger partial charge on any atom is -0.334 e. The molecular formula is C19H22N4OS. The van der Waals surface area contributed by atoms with Crippen LogP contribution in [0.3, 0.4) is 0 Å². The Morgan fingerprint density at radius 1 is 1.36 bits per heavy atom. The molecule has 130 valence electrons. The van der Waals surface area contributed by atoms with E-state index >= 15 is 0 Å². The van der Waals surface area contributed by atoms with E-state index < -0.39 is 0 Å². The summed E-state index contributed by atoms with van der Waals surface area (Å²) in [4.78, 5) is 21.4. The fourth-order valence-corrected chi connectivity index (χ4v) is 4.55. The first kappa shape index (κ1) is 16.3. The molecule has 0 aliphatic carbocycles. The lowest BCUT2D eigenvalue weighted by atomic mass is 10.1. The van der Waals surface area contributed by atoms with Gasteiger partial charge in [-0.3, -0.25) is 4.79 Å². The quantitative estimate of drug-likeness (QED) is 0.723. The Bertz CT molecular complexity index is 898. The van der Waals surface area contributed by atoms with Gasteiger partial charge in [0.05, 0.1) is 31.0 Å². The molecule has 3 heterocycles. The third kappa shape index (κ3) is 3.19. The van der Waals surface area contributed by atoms with Crippen molar-refractivity contribution in [3.63, 3.8) is 0 Å². The van der Waals surface area contributed by atoms with Gasteiger partial charge in [0.25, 0.3) is 0 Å². The number of hydrogen-bond acceptors (Lipinski definition) is 4. The fourth-order valence-electron chi connectivity index (χ4n) is 3.59. The third-order valence-electron chi connectivity index (χ3n) is 4.76. The number of benzene rings is 1. The highest BCUT2D eigenvalue weighted by Crippen LogP contribution is 2.27. The van der Waals surface area contributed by atoms with Gasteiger partial charge in [-0.1, -0.05) is 18.2 Å². The van der Waals surface area contributed by atoms with Crippen molar-refractivity contribution >= 4 is 27.3 Å². The van der Waals surface area contributed by atoms with E-state index in [1.165, 1.54) is 10.1 Å². The van der Waals surface area contributed by atoms with Crippen LogP contribution in [0.2, 0.25) is 0 Å². The highest BCUT2D eigenvalue weighted by atomic mass is 32.1. The van der Waals surface area contributed by atoms with E-state index in [1.54, 1.807) is 11.3 Å². The van der Waals surface area contributed by atoms with Crippen LogP contribution in [0, 0.1) is 0 Å². The van der Waals surface area contributed by atoms with Gasteiger partial charge in [0.1, 0.15) is 0 Å². The molecule has 0 saturated heterocycles. The molecule has 0 saturated carbocycles. The summed E-state index contributed by atoms with van der Waals surface area (Å²) in [6, 6.07) is 8.55. The molecule has 1 amide bonds. The van der Waals surface area contributed by atoms with Crippen LogP contribution in [0.4, 0.5) is 0 Å². The largest absolute Gasteiger partial charge is 0.334 e. The van der Waals surface area contributed by atoms with Crippen molar-refractivity contribution in [2.24, 2.45) is 0 Å².